The van der Waals surface area contributed by atoms with Crippen LogP contribution in [0.5, 0.6) is 0 Å². The number of imidazole rings is 1. The Morgan fingerprint density at radius 3 is 2.54 bits per heavy atom. The van der Waals surface area contributed by atoms with Crippen molar-refractivity contribution in [2.45, 2.75) is 20.3 Å². The predicted molar refractivity (Wildman–Crippen MR) is 103 cm³/mol. The number of aromatic nitrogens is 2. The molecule has 0 aliphatic rings. The van der Waals surface area contributed by atoms with Gasteiger partial charge in [-0.2, -0.15) is 0 Å². The highest BCUT2D eigenvalue weighted by Gasteiger charge is 2.08. The van der Waals surface area contributed by atoms with Gasteiger partial charge in [-0.3, -0.25) is 9.59 Å². The molecular weight excluding hydrogens is 348 g/mol. The van der Waals surface area contributed by atoms with Crippen LogP contribution in [0.15, 0.2) is 48.1 Å². The summed E-state index contributed by atoms with van der Waals surface area (Å²) in [5, 5.41) is 7.42. The number of amides is 2. The van der Waals surface area contributed by atoms with Crippen LogP contribution in [-0.2, 0) is 4.79 Å². The molecule has 3 rings (SSSR count). The van der Waals surface area contributed by atoms with Crippen molar-refractivity contribution >= 4 is 28.8 Å². The molecule has 6 nitrogen and oxygen atoms in total. The zero-order valence-electron chi connectivity index (χ0n) is 14.7. The number of nitrogens with zero attached hydrogens (tertiary/aromatic N) is 2. The summed E-state index contributed by atoms with van der Waals surface area (Å²) in [6, 6.07) is 11.1. The molecule has 0 fully saturated rings. The summed E-state index contributed by atoms with van der Waals surface area (Å²) in [6.45, 7) is 4.29. The van der Waals surface area contributed by atoms with E-state index >= 15 is 0 Å². The summed E-state index contributed by atoms with van der Waals surface area (Å²) in [4.78, 5) is 28.8. The second-order valence-electron chi connectivity index (χ2n) is 5.86. The van der Waals surface area contributed by atoms with Crippen LogP contribution in [0.25, 0.3) is 5.69 Å². The van der Waals surface area contributed by atoms with Gasteiger partial charge in [-0.15, -0.1) is 11.3 Å². The number of rotatable bonds is 6. The molecule has 0 unspecified atom stereocenters. The minimum atomic E-state index is -0.150. The lowest BCUT2D eigenvalue weighted by Gasteiger charge is -2.09. The van der Waals surface area contributed by atoms with Gasteiger partial charge in [-0.1, -0.05) is 6.07 Å². The van der Waals surface area contributed by atoms with Crippen LogP contribution in [0.4, 0.5) is 5.69 Å². The molecule has 1 aromatic carbocycles. The molecule has 134 valence electrons. The van der Waals surface area contributed by atoms with Gasteiger partial charge in [0.15, 0.2) is 0 Å². The molecule has 7 heteroatoms. The standard InChI is InChI=1S/C19H20N4O2S/c1-13-14(2)23(12-21-13)16-7-5-15(6-8-16)22-18(24)9-10-20-19(25)17-4-3-11-26-17/h3-8,11-12H,9-10H2,1-2H3,(H,20,25)(H,22,24). The zero-order valence-corrected chi connectivity index (χ0v) is 15.5. The Kier molecular flexibility index (Phi) is 5.48. The average Bonchev–Trinajstić information content (AvgIpc) is 3.27. The van der Waals surface area contributed by atoms with Crippen LogP contribution in [0, 0.1) is 13.8 Å². The maximum absolute atomic E-state index is 12.0. The number of carbonyl (C=O) groups excluding carboxylic acids is 2. The third-order valence-corrected chi connectivity index (χ3v) is 4.93. The van der Waals surface area contributed by atoms with Crippen molar-refractivity contribution in [1.82, 2.24) is 14.9 Å². The predicted octanol–water partition coefficient (Wildman–Crippen LogP) is 3.31. The zero-order chi connectivity index (χ0) is 18.5. The molecular formula is C19H20N4O2S. The molecule has 0 bridgehead atoms. The Morgan fingerprint density at radius 1 is 1.15 bits per heavy atom. The molecule has 2 heterocycles. The van der Waals surface area contributed by atoms with Crippen LogP contribution in [0.2, 0.25) is 0 Å². The van der Waals surface area contributed by atoms with Crippen LogP contribution in [0.1, 0.15) is 27.5 Å². The summed E-state index contributed by atoms with van der Waals surface area (Å²) < 4.78 is 2.00. The number of hydrogen-bond acceptors (Lipinski definition) is 4. The summed E-state index contributed by atoms with van der Waals surface area (Å²) in [7, 11) is 0. The molecule has 26 heavy (non-hydrogen) atoms. The van der Waals surface area contributed by atoms with Gasteiger partial charge in [-0.05, 0) is 49.6 Å². The Labute approximate surface area is 155 Å². The molecule has 0 aliphatic carbocycles. The highest BCUT2D eigenvalue weighted by atomic mass is 32.1. The first kappa shape index (κ1) is 17.9. The fourth-order valence-corrected chi connectivity index (χ4v) is 3.11. The third kappa shape index (κ3) is 4.18. The number of hydrogen-bond donors (Lipinski definition) is 2. The summed E-state index contributed by atoms with van der Waals surface area (Å²) in [6.07, 6.45) is 2.01. The fraction of sp³-hybridized carbons (Fsp3) is 0.211. The van der Waals surface area contributed by atoms with Crippen molar-refractivity contribution in [3.8, 4) is 5.69 Å². The largest absolute Gasteiger partial charge is 0.351 e. The first-order valence-electron chi connectivity index (χ1n) is 8.27. The maximum atomic E-state index is 12.0. The van der Waals surface area contributed by atoms with E-state index in [4.69, 9.17) is 0 Å². The van der Waals surface area contributed by atoms with Crippen LogP contribution in [0.3, 0.4) is 0 Å². The van der Waals surface area contributed by atoms with Gasteiger partial charge in [0.2, 0.25) is 5.91 Å². The van der Waals surface area contributed by atoms with Crippen molar-refractivity contribution < 1.29 is 9.59 Å². The first-order valence-corrected chi connectivity index (χ1v) is 9.15. The van der Waals surface area contributed by atoms with Crippen LogP contribution >= 0.6 is 11.3 Å². The molecule has 0 saturated heterocycles. The summed E-state index contributed by atoms with van der Waals surface area (Å²) in [5.41, 5.74) is 3.79. The van der Waals surface area contributed by atoms with Crippen LogP contribution < -0.4 is 10.6 Å². The summed E-state index contributed by atoms with van der Waals surface area (Å²) >= 11 is 1.38. The Bertz CT molecular complexity index is 898. The lowest BCUT2D eigenvalue weighted by Crippen LogP contribution is -2.27. The van der Waals surface area contributed by atoms with Gasteiger partial charge in [0.05, 0.1) is 16.9 Å². The summed E-state index contributed by atoms with van der Waals surface area (Å²) in [5.74, 6) is -0.290. The Morgan fingerprint density at radius 2 is 1.92 bits per heavy atom. The van der Waals surface area contributed by atoms with E-state index in [2.05, 4.69) is 15.6 Å². The number of carbonyl (C=O) groups is 2. The monoisotopic (exact) mass is 368 g/mol. The number of anilines is 1. The van der Waals surface area contributed by atoms with E-state index in [9.17, 15) is 9.59 Å². The molecule has 0 aliphatic heterocycles. The van der Waals surface area contributed by atoms with Crippen molar-refractivity contribution in [2.75, 3.05) is 11.9 Å². The van der Waals surface area contributed by atoms with E-state index in [1.807, 2.05) is 54.1 Å². The fourth-order valence-electron chi connectivity index (χ4n) is 2.47. The quantitative estimate of drug-likeness (QED) is 0.701. The van der Waals surface area contributed by atoms with Gasteiger partial charge < -0.3 is 15.2 Å². The molecule has 2 N–H and O–H groups in total. The van der Waals surface area contributed by atoms with Crippen molar-refractivity contribution in [2.24, 2.45) is 0 Å². The SMILES string of the molecule is Cc1ncn(-c2ccc(NC(=O)CCNC(=O)c3cccs3)cc2)c1C. The van der Waals surface area contributed by atoms with Crippen molar-refractivity contribution in [3.05, 3.63) is 64.4 Å². The number of aryl methyl sites for hydroxylation is 1. The van der Waals surface area contributed by atoms with E-state index in [0.717, 1.165) is 22.8 Å². The number of benzene rings is 1. The molecule has 3 aromatic rings. The molecule has 0 atom stereocenters. The number of nitrogens with one attached hydrogen (secondary N) is 2. The molecule has 2 amide bonds. The van der Waals surface area contributed by atoms with Gasteiger partial charge in [-0.25, -0.2) is 4.98 Å². The van der Waals surface area contributed by atoms with Gasteiger partial charge in [0, 0.05) is 30.0 Å². The average molecular weight is 368 g/mol. The van der Waals surface area contributed by atoms with Crippen molar-refractivity contribution in [3.63, 3.8) is 0 Å². The second kappa shape index (κ2) is 7.97. The smallest absolute Gasteiger partial charge is 0.261 e. The minimum Gasteiger partial charge on any atom is -0.351 e. The third-order valence-electron chi connectivity index (χ3n) is 4.06. The molecule has 0 spiro atoms. The highest BCUT2D eigenvalue weighted by Crippen LogP contribution is 2.16. The topological polar surface area (TPSA) is 76.0 Å². The van der Waals surface area contributed by atoms with E-state index in [-0.39, 0.29) is 18.2 Å². The van der Waals surface area contributed by atoms with Crippen LogP contribution in [-0.4, -0.2) is 27.9 Å². The lowest BCUT2D eigenvalue weighted by atomic mass is 10.2. The first-order chi connectivity index (χ1) is 12.5. The maximum Gasteiger partial charge on any atom is 0.261 e. The Hall–Kier alpha value is -2.93. The normalized spacial score (nSPS) is 10.5. The van der Waals surface area contributed by atoms with Gasteiger partial charge >= 0.3 is 0 Å². The molecule has 2 aromatic heterocycles. The van der Waals surface area contributed by atoms with Gasteiger partial charge in [0.25, 0.3) is 5.91 Å². The second-order valence-corrected chi connectivity index (χ2v) is 6.81. The number of thiophene rings is 1. The Balaban J connectivity index is 1.50. The minimum absolute atomic E-state index is 0.140. The van der Waals surface area contributed by atoms with E-state index < -0.39 is 0 Å². The molecule has 0 radical (unpaired) electrons. The van der Waals surface area contributed by atoms with E-state index in [1.165, 1.54) is 11.3 Å². The van der Waals surface area contributed by atoms with Gasteiger partial charge in [0.1, 0.15) is 0 Å². The van der Waals surface area contributed by atoms with Crippen molar-refractivity contribution in [1.29, 1.82) is 0 Å². The lowest BCUT2D eigenvalue weighted by molar-refractivity contribution is -0.116. The van der Waals surface area contributed by atoms with E-state index in [1.54, 1.807) is 12.4 Å². The highest BCUT2D eigenvalue weighted by molar-refractivity contribution is 7.12. The molecule has 0 saturated carbocycles. The van der Waals surface area contributed by atoms with E-state index in [0.29, 0.717) is 11.4 Å².